The van der Waals surface area contributed by atoms with E-state index in [1.807, 2.05) is 4.74 Å². The molecule has 0 heterocycles. The van der Waals surface area contributed by atoms with Crippen LogP contribution in [-0.4, -0.2) is 54.3 Å². The van der Waals surface area contributed by atoms with Crippen LogP contribution in [0.2, 0.25) is 0 Å². The fraction of sp³-hybridized carbons (Fsp3) is 0.562. The van der Waals surface area contributed by atoms with E-state index < -0.39 is 60.0 Å². The van der Waals surface area contributed by atoms with Gasteiger partial charge in [-0.15, -0.1) is 0 Å². The van der Waals surface area contributed by atoms with Gasteiger partial charge in [0.1, 0.15) is 0 Å². The number of hydrogen-bond donors (Lipinski definition) is 1. The first kappa shape index (κ1) is 32.4. The molecule has 0 spiro atoms. The normalized spacial score (nSPS) is 17.7. The minimum Gasteiger partial charge on any atom is -0.321 e. The Morgan fingerprint density at radius 3 is 1.54 bits per heavy atom. The van der Waals surface area contributed by atoms with E-state index in [1.165, 1.54) is 17.7 Å². The number of carbonyl (C=O) groups is 1. The Balaban J connectivity index is 3.63. The Morgan fingerprint density at radius 1 is 0.676 bits per heavy atom. The van der Waals surface area contributed by atoms with Crippen LogP contribution in [0.4, 0.5) is 80.3 Å². The number of carbonyl (C=O) groups excluding carboxylic acids is 1. The second-order valence-corrected chi connectivity index (χ2v) is 6.82. The molecule has 0 fully saturated rings. The number of aryl methyl sites for hydroxylation is 1. The van der Waals surface area contributed by atoms with Crippen molar-refractivity contribution in [3.8, 4) is 0 Å². The van der Waals surface area contributed by atoms with E-state index in [2.05, 4.69) is 0 Å². The fourth-order valence-corrected chi connectivity index (χ4v) is 2.10. The molecule has 1 rings (SSSR count). The van der Waals surface area contributed by atoms with Crippen molar-refractivity contribution < 1.29 is 88.9 Å². The van der Waals surface area contributed by atoms with Gasteiger partial charge in [-0.05, 0) is 24.6 Å². The summed E-state index contributed by atoms with van der Waals surface area (Å²) in [6.45, 7) is 1.20. The average Bonchev–Trinajstić information content (AvgIpc) is 2.64. The largest absolute Gasteiger partial charge is 0.462 e. The highest BCUT2D eigenvalue weighted by Crippen LogP contribution is 2.56. The van der Waals surface area contributed by atoms with E-state index >= 15 is 0 Å². The SMILES string of the molecule is Cc1cccc(NC(=O)[C@](F)(OC(F)(F)[C@](F)(OC(F)(F)C(F)(F)C(F)(F)F)C(F)(F)F)C(F)(F)F)c1. The first-order valence-corrected chi connectivity index (χ1v) is 8.55. The van der Waals surface area contributed by atoms with E-state index in [0.29, 0.717) is 12.1 Å². The third kappa shape index (κ3) is 5.96. The molecule has 214 valence electrons. The molecule has 0 aliphatic carbocycles. The monoisotopic (exact) mass is 585 g/mol. The number of nitrogens with one attached hydrogen (secondary N) is 1. The Morgan fingerprint density at radius 2 is 1.16 bits per heavy atom. The molecule has 21 heteroatoms. The molecule has 0 bridgehead atoms. The van der Waals surface area contributed by atoms with Gasteiger partial charge in [-0.25, -0.2) is 0 Å². The minimum atomic E-state index is -8.05. The van der Waals surface area contributed by atoms with Crippen molar-refractivity contribution in [2.24, 2.45) is 0 Å². The molecule has 0 saturated carbocycles. The number of amides is 1. The maximum absolute atomic E-state index is 14.4. The maximum Gasteiger partial charge on any atom is 0.462 e. The Kier molecular flexibility index (Phi) is 8.17. The van der Waals surface area contributed by atoms with Gasteiger partial charge in [-0.1, -0.05) is 12.1 Å². The summed E-state index contributed by atoms with van der Waals surface area (Å²) < 4.78 is 226. The maximum atomic E-state index is 14.4. The lowest BCUT2D eigenvalue weighted by atomic mass is 10.2. The standard InChI is InChI=1S/C16H8F17NO3/c1-6-3-2-4-7(5-6)34-8(35)9(17,12(21,22)23)36-16(32,33)11(20,14(27,28)29)37-15(30,31)10(18,19)13(24,25)26/h2-5H,1H3,(H,34,35)/t9-,11+/m0/s1. The van der Waals surface area contributed by atoms with Gasteiger partial charge >= 0.3 is 48.4 Å². The summed E-state index contributed by atoms with van der Waals surface area (Å²) in [4.78, 5) is 11.7. The van der Waals surface area contributed by atoms with Gasteiger partial charge in [-0.3, -0.25) is 14.3 Å². The zero-order valence-corrected chi connectivity index (χ0v) is 17.0. The molecule has 2 atom stereocenters. The third-order valence-corrected chi connectivity index (χ3v) is 3.93. The number of alkyl halides is 17. The molecule has 0 radical (unpaired) electrons. The fourth-order valence-electron chi connectivity index (χ4n) is 2.10. The lowest BCUT2D eigenvalue weighted by Gasteiger charge is -2.40. The molecule has 1 N–H and O–H groups in total. The number of hydrogen-bond acceptors (Lipinski definition) is 3. The summed E-state index contributed by atoms with van der Waals surface area (Å²) in [6.07, 6.45) is -38.5. The number of halogens is 17. The van der Waals surface area contributed by atoms with Crippen LogP contribution in [0.15, 0.2) is 24.3 Å². The van der Waals surface area contributed by atoms with E-state index in [-0.39, 0.29) is 5.56 Å². The van der Waals surface area contributed by atoms with E-state index in [0.717, 1.165) is 11.4 Å². The number of anilines is 1. The molecule has 0 aliphatic rings. The number of ether oxygens (including phenoxy) is 2. The van der Waals surface area contributed by atoms with Gasteiger partial charge in [0.05, 0.1) is 0 Å². The van der Waals surface area contributed by atoms with Crippen LogP contribution < -0.4 is 5.32 Å². The summed E-state index contributed by atoms with van der Waals surface area (Å²) in [6, 6.07) is 3.51. The van der Waals surface area contributed by atoms with Gasteiger partial charge < -0.3 is 5.32 Å². The van der Waals surface area contributed by atoms with Gasteiger partial charge in [0.25, 0.3) is 5.91 Å². The second kappa shape index (κ2) is 9.31. The smallest absolute Gasteiger partial charge is 0.321 e. The Hall–Kier alpha value is -2.58. The Bertz CT molecular complexity index is 986. The van der Waals surface area contributed by atoms with Crippen molar-refractivity contribution in [3.05, 3.63) is 29.8 Å². The van der Waals surface area contributed by atoms with Crippen LogP contribution in [0.3, 0.4) is 0 Å². The average molecular weight is 585 g/mol. The number of rotatable bonds is 8. The molecular weight excluding hydrogens is 577 g/mol. The molecule has 1 aromatic carbocycles. The van der Waals surface area contributed by atoms with Gasteiger partial charge in [0.2, 0.25) is 0 Å². The van der Waals surface area contributed by atoms with Gasteiger partial charge in [-0.2, -0.15) is 74.6 Å². The molecule has 1 amide bonds. The molecule has 0 aliphatic heterocycles. The summed E-state index contributed by atoms with van der Waals surface area (Å²) in [7, 11) is 0. The molecule has 0 aromatic heterocycles. The second-order valence-electron chi connectivity index (χ2n) is 6.82. The summed E-state index contributed by atoms with van der Waals surface area (Å²) in [5.41, 5.74) is -0.792. The van der Waals surface area contributed by atoms with Crippen LogP contribution in [0.1, 0.15) is 5.56 Å². The van der Waals surface area contributed by atoms with E-state index in [4.69, 9.17) is 0 Å². The summed E-state index contributed by atoms with van der Waals surface area (Å²) >= 11 is 0. The van der Waals surface area contributed by atoms with Crippen molar-refractivity contribution in [1.29, 1.82) is 0 Å². The van der Waals surface area contributed by atoms with Crippen molar-refractivity contribution in [1.82, 2.24) is 0 Å². The highest BCUT2D eigenvalue weighted by atomic mass is 19.4. The Labute approximate surface area is 192 Å². The minimum absolute atomic E-state index is 0.0848. The molecular formula is C16H8F17NO3. The molecule has 0 unspecified atom stereocenters. The van der Waals surface area contributed by atoms with E-state index in [9.17, 15) is 79.4 Å². The lowest BCUT2D eigenvalue weighted by Crippen LogP contribution is -2.68. The highest BCUT2D eigenvalue weighted by Gasteiger charge is 2.85. The lowest BCUT2D eigenvalue weighted by molar-refractivity contribution is -0.548. The van der Waals surface area contributed by atoms with Crippen molar-refractivity contribution in [2.45, 2.75) is 55.3 Å². The van der Waals surface area contributed by atoms with Crippen molar-refractivity contribution >= 4 is 11.6 Å². The third-order valence-electron chi connectivity index (χ3n) is 3.93. The van der Waals surface area contributed by atoms with Crippen LogP contribution in [-0.2, 0) is 14.3 Å². The molecule has 0 saturated heterocycles. The van der Waals surface area contributed by atoms with Gasteiger partial charge in [0.15, 0.2) is 0 Å². The first-order chi connectivity index (χ1) is 16.1. The van der Waals surface area contributed by atoms with Crippen LogP contribution in [0.25, 0.3) is 0 Å². The van der Waals surface area contributed by atoms with Crippen LogP contribution in [0, 0.1) is 6.92 Å². The van der Waals surface area contributed by atoms with E-state index in [1.54, 1.807) is 0 Å². The highest BCUT2D eigenvalue weighted by molar-refractivity contribution is 5.96. The predicted octanol–water partition coefficient (Wildman–Crippen LogP) is 6.81. The molecule has 1 aromatic rings. The predicted molar refractivity (Wildman–Crippen MR) is 82.7 cm³/mol. The van der Waals surface area contributed by atoms with Crippen molar-refractivity contribution in [3.63, 3.8) is 0 Å². The summed E-state index contributed by atoms with van der Waals surface area (Å²) in [5.74, 6) is -26.2. The van der Waals surface area contributed by atoms with Crippen molar-refractivity contribution in [2.75, 3.05) is 5.32 Å². The quantitative estimate of drug-likeness (QED) is 0.342. The zero-order chi connectivity index (χ0) is 29.7. The molecule has 37 heavy (non-hydrogen) atoms. The first-order valence-electron chi connectivity index (χ1n) is 8.55. The van der Waals surface area contributed by atoms with Crippen LogP contribution in [0.5, 0.6) is 0 Å². The van der Waals surface area contributed by atoms with Gasteiger partial charge in [0, 0.05) is 5.69 Å². The summed E-state index contributed by atoms with van der Waals surface area (Å²) in [5, 5.41) is 0.881. The van der Waals surface area contributed by atoms with Crippen LogP contribution >= 0.6 is 0 Å². The zero-order valence-electron chi connectivity index (χ0n) is 17.0. The number of benzene rings is 1. The molecule has 4 nitrogen and oxygen atoms in total. The topological polar surface area (TPSA) is 47.6 Å².